The summed E-state index contributed by atoms with van der Waals surface area (Å²) >= 11 is 0. The van der Waals surface area contributed by atoms with Crippen molar-refractivity contribution in [3.8, 4) is 11.5 Å². The highest BCUT2D eigenvalue weighted by molar-refractivity contribution is 6.09. The van der Waals surface area contributed by atoms with Crippen LogP contribution >= 0.6 is 0 Å². The standard InChI is InChI=1S/C22H31N3O5/c1-4-6-7-15(5-2)13-23-19(26)14-25-20(27)22(3,24-21(25)28)16-8-9-17-18(12-16)30-11-10-29-17/h8-9,12,15H,4-7,10-11,13-14H2,1-3H3,(H,23,26)(H,24,28)/t15-,22+/m1/s1. The molecule has 1 saturated heterocycles. The molecular weight excluding hydrogens is 386 g/mol. The maximum absolute atomic E-state index is 13.1. The van der Waals surface area contributed by atoms with Gasteiger partial charge in [-0.1, -0.05) is 39.2 Å². The summed E-state index contributed by atoms with van der Waals surface area (Å²) in [6, 6.07) is 4.58. The van der Waals surface area contributed by atoms with Crippen molar-refractivity contribution in [2.45, 2.75) is 52.0 Å². The van der Waals surface area contributed by atoms with E-state index in [0.717, 1.165) is 30.6 Å². The molecule has 2 N–H and O–H groups in total. The molecule has 0 unspecified atom stereocenters. The van der Waals surface area contributed by atoms with Crippen molar-refractivity contribution in [1.82, 2.24) is 15.5 Å². The van der Waals surface area contributed by atoms with Crippen molar-refractivity contribution < 1.29 is 23.9 Å². The van der Waals surface area contributed by atoms with Crippen LogP contribution in [0.2, 0.25) is 0 Å². The van der Waals surface area contributed by atoms with Gasteiger partial charge < -0.3 is 20.1 Å². The van der Waals surface area contributed by atoms with Crippen molar-refractivity contribution in [3.63, 3.8) is 0 Å². The fraction of sp³-hybridized carbons (Fsp3) is 0.591. The van der Waals surface area contributed by atoms with Crippen LogP contribution in [0, 0.1) is 5.92 Å². The van der Waals surface area contributed by atoms with E-state index < -0.39 is 17.5 Å². The number of nitrogens with one attached hydrogen (secondary N) is 2. The Kier molecular flexibility index (Phi) is 6.84. The molecule has 0 bridgehead atoms. The van der Waals surface area contributed by atoms with Gasteiger partial charge in [0.25, 0.3) is 5.91 Å². The molecule has 3 rings (SSSR count). The number of hydrogen-bond donors (Lipinski definition) is 2. The smallest absolute Gasteiger partial charge is 0.325 e. The molecule has 2 aliphatic heterocycles. The fourth-order valence-electron chi connectivity index (χ4n) is 3.79. The number of hydrogen-bond acceptors (Lipinski definition) is 5. The molecule has 2 atom stereocenters. The van der Waals surface area contributed by atoms with Gasteiger partial charge in [-0.25, -0.2) is 4.79 Å². The molecule has 0 radical (unpaired) electrons. The van der Waals surface area contributed by atoms with E-state index in [1.807, 2.05) is 0 Å². The van der Waals surface area contributed by atoms with E-state index in [-0.39, 0.29) is 12.5 Å². The van der Waals surface area contributed by atoms with Gasteiger partial charge >= 0.3 is 6.03 Å². The van der Waals surface area contributed by atoms with Crippen molar-refractivity contribution in [3.05, 3.63) is 23.8 Å². The molecule has 0 aromatic heterocycles. The number of unbranched alkanes of at least 4 members (excludes halogenated alkanes) is 1. The molecule has 0 spiro atoms. The Morgan fingerprint density at radius 3 is 2.67 bits per heavy atom. The molecular formula is C22H31N3O5. The van der Waals surface area contributed by atoms with Crippen molar-refractivity contribution in [1.29, 1.82) is 0 Å². The Morgan fingerprint density at radius 2 is 1.97 bits per heavy atom. The Bertz CT molecular complexity index is 812. The van der Waals surface area contributed by atoms with Crippen LogP contribution in [-0.4, -0.2) is 49.0 Å². The number of fused-ring (bicyclic) bond motifs is 1. The van der Waals surface area contributed by atoms with Gasteiger partial charge in [-0.3, -0.25) is 14.5 Å². The fourth-order valence-corrected chi connectivity index (χ4v) is 3.79. The largest absolute Gasteiger partial charge is 0.486 e. The van der Waals surface area contributed by atoms with E-state index in [0.29, 0.717) is 42.7 Å². The zero-order valence-corrected chi connectivity index (χ0v) is 18.0. The van der Waals surface area contributed by atoms with E-state index >= 15 is 0 Å². The van der Waals surface area contributed by atoms with E-state index in [9.17, 15) is 14.4 Å². The first kappa shape index (κ1) is 21.9. The third kappa shape index (κ3) is 4.52. The number of ether oxygens (including phenoxy) is 2. The van der Waals surface area contributed by atoms with Crippen LogP contribution in [0.15, 0.2) is 18.2 Å². The molecule has 30 heavy (non-hydrogen) atoms. The first-order chi connectivity index (χ1) is 14.4. The van der Waals surface area contributed by atoms with Gasteiger partial charge in [0.1, 0.15) is 25.3 Å². The lowest BCUT2D eigenvalue weighted by Gasteiger charge is -2.25. The third-order valence-electron chi connectivity index (χ3n) is 5.83. The summed E-state index contributed by atoms with van der Waals surface area (Å²) in [6.07, 6.45) is 4.27. The summed E-state index contributed by atoms with van der Waals surface area (Å²) in [4.78, 5) is 38.9. The lowest BCUT2D eigenvalue weighted by atomic mass is 9.91. The molecule has 1 fully saturated rings. The molecule has 8 heteroatoms. The molecule has 1 aromatic rings. The average molecular weight is 418 g/mol. The average Bonchev–Trinajstić information content (AvgIpc) is 2.97. The van der Waals surface area contributed by atoms with E-state index in [1.165, 1.54) is 0 Å². The van der Waals surface area contributed by atoms with Crippen molar-refractivity contribution in [2.75, 3.05) is 26.3 Å². The monoisotopic (exact) mass is 417 g/mol. The SMILES string of the molecule is CCCC[C@@H](CC)CNC(=O)CN1C(=O)N[C@@](C)(c2ccc3c(c2)OCCO3)C1=O. The van der Waals surface area contributed by atoms with Crippen LogP contribution in [0.4, 0.5) is 4.79 Å². The predicted octanol–water partition coefficient (Wildman–Crippen LogP) is 2.56. The minimum atomic E-state index is -1.26. The summed E-state index contributed by atoms with van der Waals surface area (Å²) in [7, 11) is 0. The third-order valence-corrected chi connectivity index (χ3v) is 5.83. The summed E-state index contributed by atoms with van der Waals surface area (Å²) in [5, 5.41) is 5.59. The highest BCUT2D eigenvalue weighted by atomic mass is 16.6. The number of urea groups is 1. The van der Waals surface area contributed by atoms with Gasteiger partial charge in [-0.2, -0.15) is 0 Å². The minimum Gasteiger partial charge on any atom is -0.486 e. The van der Waals surface area contributed by atoms with Crippen LogP contribution in [-0.2, 0) is 15.1 Å². The Morgan fingerprint density at radius 1 is 1.23 bits per heavy atom. The number of nitrogens with zero attached hydrogens (tertiary/aromatic N) is 1. The van der Waals surface area contributed by atoms with Gasteiger partial charge in [-0.05, 0) is 37.0 Å². The highest BCUT2D eigenvalue weighted by Gasteiger charge is 2.49. The number of benzene rings is 1. The molecule has 164 valence electrons. The molecule has 2 aliphatic rings. The van der Waals surface area contributed by atoms with Gasteiger partial charge in [0, 0.05) is 6.54 Å². The van der Waals surface area contributed by atoms with Crippen LogP contribution in [0.3, 0.4) is 0 Å². The first-order valence-corrected chi connectivity index (χ1v) is 10.7. The zero-order chi connectivity index (χ0) is 21.7. The number of imide groups is 1. The maximum Gasteiger partial charge on any atom is 0.325 e. The quantitative estimate of drug-likeness (QED) is 0.602. The molecule has 0 aliphatic carbocycles. The number of carbonyl (C=O) groups excluding carboxylic acids is 3. The van der Waals surface area contributed by atoms with Gasteiger partial charge in [0.15, 0.2) is 11.5 Å². The second kappa shape index (κ2) is 9.36. The second-order valence-corrected chi connectivity index (χ2v) is 8.03. The molecule has 1 aromatic carbocycles. The van der Waals surface area contributed by atoms with Gasteiger partial charge in [-0.15, -0.1) is 0 Å². The zero-order valence-electron chi connectivity index (χ0n) is 18.0. The van der Waals surface area contributed by atoms with Crippen molar-refractivity contribution >= 4 is 17.8 Å². The summed E-state index contributed by atoms with van der Waals surface area (Å²) in [6.45, 7) is 7.03. The van der Waals surface area contributed by atoms with E-state index in [4.69, 9.17) is 9.47 Å². The first-order valence-electron chi connectivity index (χ1n) is 10.7. The van der Waals surface area contributed by atoms with Crippen LogP contribution < -0.4 is 20.1 Å². The predicted molar refractivity (Wildman–Crippen MR) is 111 cm³/mol. The number of amides is 4. The summed E-state index contributed by atoms with van der Waals surface area (Å²) in [5.74, 6) is 0.753. The Balaban J connectivity index is 1.65. The second-order valence-electron chi connectivity index (χ2n) is 8.03. The number of carbonyl (C=O) groups is 3. The summed E-state index contributed by atoms with van der Waals surface area (Å²) in [5.41, 5.74) is -0.682. The van der Waals surface area contributed by atoms with Crippen LogP contribution in [0.5, 0.6) is 11.5 Å². The van der Waals surface area contributed by atoms with Gasteiger partial charge in [0.2, 0.25) is 5.91 Å². The molecule has 4 amide bonds. The molecule has 8 nitrogen and oxygen atoms in total. The topological polar surface area (TPSA) is 97.0 Å². The van der Waals surface area contributed by atoms with E-state index in [1.54, 1.807) is 25.1 Å². The Labute approximate surface area is 177 Å². The van der Waals surface area contributed by atoms with Crippen molar-refractivity contribution in [2.24, 2.45) is 5.92 Å². The minimum absolute atomic E-state index is 0.297. The lowest BCUT2D eigenvalue weighted by Crippen LogP contribution is -2.44. The summed E-state index contributed by atoms with van der Waals surface area (Å²) < 4.78 is 11.1. The highest BCUT2D eigenvalue weighted by Crippen LogP contribution is 2.36. The number of rotatable bonds is 9. The van der Waals surface area contributed by atoms with Gasteiger partial charge in [0.05, 0.1) is 0 Å². The maximum atomic E-state index is 13.1. The lowest BCUT2D eigenvalue weighted by molar-refractivity contribution is -0.134. The molecule has 0 saturated carbocycles. The van der Waals surface area contributed by atoms with E-state index in [2.05, 4.69) is 24.5 Å². The normalized spacial score (nSPS) is 21.4. The molecule has 2 heterocycles. The Hall–Kier alpha value is -2.77. The van der Waals surface area contributed by atoms with Crippen LogP contribution in [0.25, 0.3) is 0 Å². The van der Waals surface area contributed by atoms with Crippen LogP contribution in [0.1, 0.15) is 52.0 Å².